The van der Waals surface area contributed by atoms with Crippen LogP contribution in [0, 0.1) is 0 Å². The highest BCUT2D eigenvalue weighted by Crippen LogP contribution is 2.38. The molecule has 3 rings (SSSR count). The Labute approximate surface area is 131 Å². The number of benzene rings is 1. The summed E-state index contributed by atoms with van der Waals surface area (Å²) in [6.07, 6.45) is 3.74. The fraction of sp³-hybridized carbons (Fsp3) is 0.267. The number of nitrogens with two attached hydrogens (primary N) is 1. The number of aromatic nitrogens is 1. The second-order valence-corrected chi connectivity index (χ2v) is 7.11. The van der Waals surface area contributed by atoms with E-state index >= 15 is 0 Å². The fourth-order valence-corrected chi connectivity index (χ4v) is 4.11. The van der Waals surface area contributed by atoms with Crippen LogP contribution in [0.5, 0.6) is 0 Å². The molecular formula is C15H16BrN3S. The molecule has 0 fully saturated rings. The minimum absolute atomic E-state index is 0.223. The average Bonchev–Trinajstić information content (AvgIpc) is 2.90. The molecule has 3 nitrogen and oxygen atoms in total. The Morgan fingerprint density at radius 1 is 1.35 bits per heavy atom. The van der Waals surface area contributed by atoms with Crippen LogP contribution in [0.1, 0.15) is 11.3 Å². The molecule has 0 radical (unpaired) electrons. The van der Waals surface area contributed by atoms with E-state index in [0.29, 0.717) is 5.25 Å². The zero-order valence-corrected chi connectivity index (χ0v) is 13.3. The molecule has 2 aromatic rings. The lowest BCUT2D eigenvalue weighted by molar-refractivity contribution is 0.502. The van der Waals surface area contributed by atoms with Crippen molar-refractivity contribution in [1.29, 1.82) is 0 Å². The highest BCUT2D eigenvalue weighted by atomic mass is 79.9. The maximum absolute atomic E-state index is 5.76. The lowest BCUT2D eigenvalue weighted by Gasteiger charge is -2.21. The van der Waals surface area contributed by atoms with Crippen LogP contribution < -0.4 is 11.3 Å². The number of thioether (sulfide) groups is 1. The third kappa shape index (κ3) is 3.06. The van der Waals surface area contributed by atoms with Crippen molar-refractivity contribution in [3.63, 3.8) is 0 Å². The summed E-state index contributed by atoms with van der Waals surface area (Å²) in [5.41, 5.74) is 5.45. The first-order valence-electron chi connectivity index (χ1n) is 6.57. The van der Waals surface area contributed by atoms with Gasteiger partial charge in [0.05, 0.1) is 0 Å². The second kappa shape index (κ2) is 6.26. The van der Waals surface area contributed by atoms with Gasteiger partial charge in [0.15, 0.2) is 0 Å². The van der Waals surface area contributed by atoms with E-state index < -0.39 is 0 Å². The van der Waals surface area contributed by atoms with Crippen LogP contribution in [-0.2, 0) is 12.8 Å². The van der Waals surface area contributed by atoms with E-state index in [0.717, 1.165) is 23.0 Å². The van der Waals surface area contributed by atoms with Gasteiger partial charge in [-0.25, -0.2) is 0 Å². The number of rotatable bonds is 4. The summed E-state index contributed by atoms with van der Waals surface area (Å²) in [4.78, 5) is 5.81. The van der Waals surface area contributed by atoms with Crippen molar-refractivity contribution < 1.29 is 0 Å². The Bertz CT molecular complexity index is 563. The standard InChI is InChI=1S/C15H16BrN3S/c16-11-5-6-12(18-9-11)8-13(19-17)15-7-10-3-1-2-4-14(10)20-15/h1-6,9,13,15,19H,7-8,17H2. The fourth-order valence-electron chi connectivity index (χ4n) is 2.48. The molecule has 20 heavy (non-hydrogen) atoms. The highest BCUT2D eigenvalue weighted by molar-refractivity contribution is 9.10. The predicted octanol–water partition coefficient (Wildman–Crippen LogP) is 2.94. The normalized spacial score (nSPS) is 18.8. The van der Waals surface area contributed by atoms with Crippen molar-refractivity contribution in [3.8, 4) is 0 Å². The predicted molar refractivity (Wildman–Crippen MR) is 86.5 cm³/mol. The van der Waals surface area contributed by atoms with Crippen LogP contribution in [0.25, 0.3) is 0 Å². The molecule has 2 unspecified atom stereocenters. The van der Waals surface area contributed by atoms with Gasteiger partial charge in [-0.3, -0.25) is 16.3 Å². The summed E-state index contributed by atoms with van der Waals surface area (Å²) in [5.74, 6) is 5.76. The van der Waals surface area contributed by atoms with Gasteiger partial charge >= 0.3 is 0 Å². The summed E-state index contributed by atoms with van der Waals surface area (Å²) in [7, 11) is 0. The molecule has 5 heteroatoms. The number of halogens is 1. The summed E-state index contributed by atoms with van der Waals surface area (Å²) in [6, 6.07) is 12.9. The van der Waals surface area contributed by atoms with E-state index in [2.05, 4.69) is 50.6 Å². The first-order valence-corrected chi connectivity index (χ1v) is 8.24. The van der Waals surface area contributed by atoms with Gasteiger partial charge in [0.2, 0.25) is 0 Å². The summed E-state index contributed by atoms with van der Waals surface area (Å²) >= 11 is 5.32. The monoisotopic (exact) mass is 349 g/mol. The number of hydrazine groups is 1. The first kappa shape index (κ1) is 14.1. The van der Waals surface area contributed by atoms with Crippen molar-refractivity contribution in [3.05, 3.63) is 58.3 Å². The molecule has 0 saturated carbocycles. The smallest absolute Gasteiger partial charge is 0.0420 e. The Kier molecular flexibility index (Phi) is 4.41. The van der Waals surface area contributed by atoms with Gasteiger partial charge in [-0.15, -0.1) is 11.8 Å². The van der Waals surface area contributed by atoms with Crippen LogP contribution >= 0.6 is 27.7 Å². The SMILES string of the molecule is NNC(Cc1ccc(Br)cn1)C1Cc2ccccc2S1. The van der Waals surface area contributed by atoms with Crippen molar-refractivity contribution in [2.75, 3.05) is 0 Å². The van der Waals surface area contributed by atoms with Gasteiger partial charge in [-0.05, 0) is 46.1 Å². The topological polar surface area (TPSA) is 50.9 Å². The molecule has 0 aliphatic carbocycles. The quantitative estimate of drug-likeness (QED) is 0.658. The van der Waals surface area contributed by atoms with Crippen LogP contribution in [0.2, 0.25) is 0 Å². The molecular weight excluding hydrogens is 334 g/mol. The van der Waals surface area contributed by atoms with E-state index in [1.54, 1.807) is 0 Å². The molecule has 104 valence electrons. The maximum atomic E-state index is 5.76. The van der Waals surface area contributed by atoms with Crippen molar-refractivity contribution in [1.82, 2.24) is 10.4 Å². The Hall–Kier alpha value is -0.880. The van der Waals surface area contributed by atoms with Crippen molar-refractivity contribution in [2.24, 2.45) is 5.84 Å². The van der Waals surface area contributed by atoms with Crippen molar-refractivity contribution in [2.45, 2.75) is 29.0 Å². The number of nitrogens with zero attached hydrogens (tertiary/aromatic N) is 1. The first-order chi connectivity index (χ1) is 9.76. The average molecular weight is 350 g/mol. The van der Waals surface area contributed by atoms with E-state index in [4.69, 9.17) is 5.84 Å². The van der Waals surface area contributed by atoms with Gasteiger partial charge in [0, 0.05) is 39.0 Å². The van der Waals surface area contributed by atoms with Crippen LogP contribution in [-0.4, -0.2) is 16.3 Å². The Morgan fingerprint density at radius 3 is 2.90 bits per heavy atom. The zero-order chi connectivity index (χ0) is 13.9. The third-order valence-corrected chi connectivity index (χ3v) is 5.47. The van der Waals surface area contributed by atoms with Gasteiger partial charge in [-0.2, -0.15) is 0 Å². The molecule has 1 aliphatic rings. The molecule has 3 N–H and O–H groups in total. The van der Waals surface area contributed by atoms with E-state index in [-0.39, 0.29) is 6.04 Å². The molecule has 1 aromatic carbocycles. The van der Waals surface area contributed by atoms with Gasteiger partial charge < -0.3 is 0 Å². The summed E-state index contributed by atoms with van der Waals surface area (Å²) < 4.78 is 1.00. The van der Waals surface area contributed by atoms with E-state index in [1.807, 2.05) is 30.1 Å². The van der Waals surface area contributed by atoms with Crippen molar-refractivity contribution >= 4 is 27.7 Å². The molecule has 1 aliphatic heterocycles. The lowest BCUT2D eigenvalue weighted by Crippen LogP contribution is -2.44. The van der Waals surface area contributed by atoms with Crippen LogP contribution in [0.4, 0.5) is 0 Å². The van der Waals surface area contributed by atoms with Gasteiger partial charge in [0.1, 0.15) is 0 Å². The van der Waals surface area contributed by atoms with Gasteiger partial charge in [0.25, 0.3) is 0 Å². The largest absolute Gasteiger partial charge is 0.271 e. The molecule has 0 saturated heterocycles. The van der Waals surface area contributed by atoms with E-state index in [1.165, 1.54) is 10.5 Å². The Morgan fingerprint density at radius 2 is 2.20 bits per heavy atom. The number of hydrogen-bond acceptors (Lipinski definition) is 4. The number of nitrogens with one attached hydrogen (secondary N) is 1. The van der Waals surface area contributed by atoms with E-state index in [9.17, 15) is 0 Å². The van der Waals surface area contributed by atoms with Gasteiger partial charge in [-0.1, -0.05) is 18.2 Å². The molecule has 0 bridgehead atoms. The highest BCUT2D eigenvalue weighted by Gasteiger charge is 2.29. The zero-order valence-electron chi connectivity index (χ0n) is 10.9. The van der Waals surface area contributed by atoms with Crippen LogP contribution in [0.3, 0.4) is 0 Å². The lowest BCUT2D eigenvalue weighted by atomic mass is 10.0. The number of fused-ring (bicyclic) bond motifs is 1. The molecule has 2 heterocycles. The summed E-state index contributed by atoms with van der Waals surface area (Å²) in [5, 5.41) is 0.461. The minimum atomic E-state index is 0.223. The minimum Gasteiger partial charge on any atom is -0.271 e. The third-order valence-electron chi connectivity index (χ3n) is 3.55. The number of pyridine rings is 1. The molecule has 0 amide bonds. The van der Waals surface area contributed by atoms with Crippen LogP contribution in [0.15, 0.2) is 52.0 Å². The molecule has 2 atom stereocenters. The molecule has 0 spiro atoms. The molecule has 1 aromatic heterocycles. The number of hydrogen-bond donors (Lipinski definition) is 2. The maximum Gasteiger partial charge on any atom is 0.0420 e. The second-order valence-electron chi connectivity index (χ2n) is 4.91. The Balaban J connectivity index is 1.71. The summed E-state index contributed by atoms with van der Waals surface area (Å²) in [6.45, 7) is 0.